The van der Waals surface area contributed by atoms with Gasteiger partial charge in [-0.25, -0.2) is 0 Å². The summed E-state index contributed by atoms with van der Waals surface area (Å²) in [7, 11) is 0. The van der Waals surface area contributed by atoms with Crippen molar-refractivity contribution in [1.29, 1.82) is 0 Å². The van der Waals surface area contributed by atoms with Crippen LogP contribution in [0.3, 0.4) is 0 Å². The molecule has 3 nitrogen and oxygen atoms in total. The predicted molar refractivity (Wildman–Crippen MR) is 51.8 cm³/mol. The molecule has 0 fully saturated rings. The molecule has 0 aromatic carbocycles. The fourth-order valence-corrected chi connectivity index (χ4v) is 1.21. The molecule has 0 rings (SSSR count). The van der Waals surface area contributed by atoms with Crippen molar-refractivity contribution >= 4 is 0 Å². The minimum atomic E-state index is 0.287. The van der Waals surface area contributed by atoms with Crippen LogP contribution in [0.1, 0.15) is 38.5 Å². The summed E-state index contributed by atoms with van der Waals surface area (Å²) in [5.74, 6) is 0. The Balaban J connectivity index is 3.04. The molecule has 0 aromatic rings. The van der Waals surface area contributed by atoms with Crippen molar-refractivity contribution in [2.75, 3.05) is 13.2 Å². The van der Waals surface area contributed by atoms with Crippen LogP contribution in [0.5, 0.6) is 0 Å². The van der Waals surface area contributed by atoms with Crippen LogP contribution in [0, 0.1) is 0 Å². The molecule has 3 heteroatoms. The maximum atomic E-state index is 8.54. The van der Waals surface area contributed by atoms with E-state index in [1.807, 2.05) is 0 Å². The number of unbranched alkanes of at least 4 members (excludes halogenated alkanes) is 2. The first-order chi connectivity index (χ1) is 5.81. The third-order valence-electron chi connectivity index (χ3n) is 2.01. The highest BCUT2D eigenvalue weighted by Crippen LogP contribution is 2.05. The Bertz CT molecular complexity index is 78.6. The van der Waals surface area contributed by atoms with E-state index < -0.39 is 0 Å². The zero-order chi connectivity index (χ0) is 9.23. The van der Waals surface area contributed by atoms with Crippen molar-refractivity contribution in [2.24, 2.45) is 11.5 Å². The van der Waals surface area contributed by atoms with Gasteiger partial charge in [0.15, 0.2) is 0 Å². The highest BCUT2D eigenvalue weighted by Gasteiger charge is 2.00. The van der Waals surface area contributed by atoms with Crippen molar-refractivity contribution in [1.82, 2.24) is 0 Å². The van der Waals surface area contributed by atoms with Crippen molar-refractivity contribution in [3.8, 4) is 0 Å². The van der Waals surface area contributed by atoms with Gasteiger partial charge in [-0.3, -0.25) is 0 Å². The lowest BCUT2D eigenvalue weighted by molar-refractivity contribution is 0.280. The molecule has 0 aromatic heterocycles. The van der Waals surface area contributed by atoms with Gasteiger partial charge < -0.3 is 16.6 Å². The quantitative estimate of drug-likeness (QED) is 0.472. The first-order valence-electron chi connectivity index (χ1n) is 4.87. The summed E-state index contributed by atoms with van der Waals surface area (Å²) >= 11 is 0. The third-order valence-corrected chi connectivity index (χ3v) is 2.01. The molecule has 5 N–H and O–H groups in total. The van der Waals surface area contributed by atoms with Gasteiger partial charge in [-0.05, 0) is 38.6 Å². The Labute approximate surface area is 75.1 Å². The zero-order valence-corrected chi connectivity index (χ0v) is 7.84. The molecule has 0 aliphatic carbocycles. The molecule has 0 saturated heterocycles. The van der Waals surface area contributed by atoms with E-state index in [-0.39, 0.29) is 6.61 Å². The Hall–Kier alpha value is -0.120. The van der Waals surface area contributed by atoms with Gasteiger partial charge in [-0.2, -0.15) is 0 Å². The standard InChI is InChI=1S/C9H22N2O/c10-7-3-1-5-9(11)6-2-4-8-12/h9,12H,1-8,10-11H2. The Morgan fingerprint density at radius 3 is 2.08 bits per heavy atom. The number of aliphatic hydroxyl groups is 1. The first kappa shape index (κ1) is 11.9. The largest absolute Gasteiger partial charge is 0.396 e. The second kappa shape index (κ2) is 8.97. The fourth-order valence-electron chi connectivity index (χ4n) is 1.21. The van der Waals surface area contributed by atoms with Crippen molar-refractivity contribution in [2.45, 2.75) is 44.6 Å². The second-order valence-electron chi connectivity index (χ2n) is 3.26. The predicted octanol–water partition coefficient (Wildman–Crippen LogP) is 0.605. The second-order valence-corrected chi connectivity index (χ2v) is 3.26. The summed E-state index contributed by atoms with van der Waals surface area (Å²) in [6, 6.07) is 0.308. The van der Waals surface area contributed by atoms with Gasteiger partial charge in [0.1, 0.15) is 0 Å². The summed E-state index contributed by atoms with van der Waals surface area (Å²) in [6.45, 7) is 1.05. The Morgan fingerprint density at radius 1 is 1.00 bits per heavy atom. The number of hydrogen-bond donors (Lipinski definition) is 3. The number of aliphatic hydroxyl groups excluding tert-OH is 1. The van der Waals surface area contributed by atoms with E-state index in [1.165, 1.54) is 0 Å². The summed E-state index contributed by atoms with van der Waals surface area (Å²) in [5.41, 5.74) is 11.2. The first-order valence-corrected chi connectivity index (χ1v) is 4.87. The molecule has 0 aliphatic heterocycles. The van der Waals surface area contributed by atoms with Gasteiger partial charge in [0, 0.05) is 12.6 Å². The van der Waals surface area contributed by atoms with Crippen molar-refractivity contribution in [3.63, 3.8) is 0 Å². The minimum absolute atomic E-state index is 0.287. The molecule has 0 saturated carbocycles. The van der Waals surface area contributed by atoms with Gasteiger partial charge in [-0.15, -0.1) is 0 Å². The monoisotopic (exact) mass is 174 g/mol. The molecule has 1 atom stereocenters. The molecule has 0 spiro atoms. The smallest absolute Gasteiger partial charge is 0.0431 e. The van der Waals surface area contributed by atoms with E-state index in [9.17, 15) is 0 Å². The van der Waals surface area contributed by atoms with E-state index in [1.54, 1.807) is 0 Å². The highest BCUT2D eigenvalue weighted by atomic mass is 16.2. The molecule has 0 aliphatic rings. The Kier molecular flexibility index (Phi) is 8.88. The molecule has 74 valence electrons. The van der Waals surface area contributed by atoms with Gasteiger partial charge >= 0.3 is 0 Å². The summed E-state index contributed by atoms with van der Waals surface area (Å²) in [4.78, 5) is 0. The summed E-state index contributed by atoms with van der Waals surface area (Å²) < 4.78 is 0. The maximum Gasteiger partial charge on any atom is 0.0431 e. The number of hydrogen-bond acceptors (Lipinski definition) is 3. The van der Waals surface area contributed by atoms with Gasteiger partial charge in [0.2, 0.25) is 0 Å². The van der Waals surface area contributed by atoms with Crippen LogP contribution < -0.4 is 11.5 Å². The van der Waals surface area contributed by atoms with Crippen LogP contribution >= 0.6 is 0 Å². The Morgan fingerprint density at radius 2 is 1.58 bits per heavy atom. The normalized spacial score (nSPS) is 13.2. The van der Waals surface area contributed by atoms with Crippen LogP contribution in [0.25, 0.3) is 0 Å². The lowest BCUT2D eigenvalue weighted by Gasteiger charge is -2.09. The third kappa shape index (κ3) is 7.98. The average molecular weight is 174 g/mol. The van der Waals surface area contributed by atoms with Gasteiger partial charge in [0.25, 0.3) is 0 Å². The molecular weight excluding hydrogens is 152 g/mol. The molecule has 0 radical (unpaired) electrons. The zero-order valence-electron chi connectivity index (χ0n) is 7.84. The molecule has 0 heterocycles. The fraction of sp³-hybridized carbons (Fsp3) is 1.00. The number of rotatable bonds is 8. The minimum Gasteiger partial charge on any atom is -0.396 e. The van der Waals surface area contributed by atoms with Gasteiger partial charge in [-0.1, -0.05) is 6.42 Å². The van der Waals surface area contributed by atoms with E-state index >= 15 is 0 Å². The maximum absolute atomic E-state index is 8.54. The van der Waals surface area contributed by atoms with Crippen LogP contribution in [-0.4, -0.2) is 24.3 Å². The van der Waals surface area contributed by atoms with Crippen LogP contribution in [0.15, 0.2) is 0 Å². The van der Waals surface area contributed by atoms with E-state index in [4.69, 9.17) is 16.6 Å². The summed E-state index contributed by atoms with van der Waals surface area (Å²) in [5, 5.41) is 8.54. The van der Waals surface area contributed by atoms with E-state index in [2.05, 4.69) is 0 Å². The van der Waals surface area contributed by atoms with E-state index in [0.717, 1.165) is 45.1 Å². The SMILES string of the molecule is NCCCCC(N)CCCCO. The lowest BCUT2D eigenvalue weighted by Crippen LogP contribution is -2.20. The highest BCUT2D eigenvalue weighted by molar-refractivity contribution is 4.61. The molecule has 0 amide bonds. The molecule has 1 unspecified atom stereocenters. The molecular formula is C9H22N2O. The van der Waals surface area contributed by atoms with Crippen LogP contribution in [-0.2, 0) is 0 Å². The summed E-state index contributed by atoms with van der Waals surface area (Å²) in [6.07, 6.45) is 6.24. The molecule has 0 bridgehead atoms. The van der Waals surface area contributed by atoms with Crippen molar-refractivity contribution < 1.29 is 5.11 Å². The average Bonchev–Trinajstić information content (AvgIpc) is 2.06. The van der Waals surface area contributed by atoms with Crippen molar-refractivity contribution in [3.05, 3.63) is 0 Å². The molecule has 12 heavy (non-hydrogen) atoms. The van der Waals surface area contributed by atoms with Crippen LogP contribution in [0.2, 0.25) is 0 Å². The topological polar surface area (TPSA) is 72.3 Å². The number of nitrogens with two attached hydrogens (primary N) is 2. The van der Waals surface area contributed by atoms with E-state index in [0.29, 0.717) is 6.04 Å². The van der Waals surface area contributed by atoms with Gasteiger partial charge in [0.05, 0.1) is 0 Å². The van der Waals surface area contributed by atoms with Crippen LogP contribution in [0.4, 0.5) is 0 Å². The lowest BCUT2D eigenvalue weighted by atomic mass is 10.0.